The van der Waals surface area contributed by atoms with E-state index in [1.54, 1.807) is 6.07 Å². The molecule has 2 aromatic carbocycles. The SMILES string of the molecule is CCCCOC(=O)c1ccc2cc(COOC)ccc2c1. The molecule has 4 nitrogen and oxygen atoms in total. The Kier molecular flexibility index (Phi) is 5.72. The van der Waals surface area contributed by atoms with Crippen molar-refractivity contribution in [3.05, 3.63) is 47.5 Å². The number of benzene rings is 2. The Morgan fingerprint density at radius 2 is 1.86 bits per heavy atom. The molecule has 2 rings (SSSR count). The van der Waals surface area contributed by atoms with Crippen LogP contribution in [0.5, 0.6) is 0 Å². The first-order chi connectivity index (χ1) is 10.2. The van der Waals surface area contributed by atoms with E-state index in [0.29, 0.717) is 18.8 Å². The molecule has 0 bridgehead atoms. The highest BCUT2D eigenvalue weighted by Gasteiger charge is 2.08. The lowest BCUT2D eigenvalue weighted by Crippen LogP contribution is -2.06. The summed E-state index contributed by atoms with van der Waals surface area (Å²) in [6.07, 6.45) is 1.90. The van der Waals surface area contributed by atoms with Crippen LogP contribution in [0, 0.1) is 0 Å². The second-order valence-electron chi connectivity index (χ2n) is 4.81. The van der Waals surface area contributed by atoms with Crippen LogP contribution in [0.4, 0.5) is 0 Å². The number of fused-ring (bicyclic) bond motifs is 1. The van der Waals surface area contributed by atoms with E-state index in [1.807, 2.05) is 30.3 Å². The van der Waals surface area contributed by atoms with Gasteiger partial charge in [-0.3, -0.25) is 0 Å². The number of hydrogen-bond acceptors (Lipinski definition) is 4. The smallest absolute Gasteiger partial charge is 0.338 e. The molecule has 0 atom stereocenters. The zero-order valence-corrected chi connectivity index (χ0v) is 12.4. The Balaban J connectivity index is 2.12. The van der Waals surface area contributed by atoms with Crippen molar-refractivity contribution in [3.63, 3.8) is 0 Å². The van der Waals surface area contributed by atoms with Gasteiger partial charge in [-0.2, -0.15) is 0 Å². The topological polar surface area (TPSA) is 44.8 Å². The molecule has 0 unspecified atom stereocenters. The predicted octanol–water partition coefficient (Wildman–Crippen LogP) is 3.87. The third-order valence-corrected chi connectivity index (χ3v) is 3.21. The fourth-order valence-corrected chi connectivity index (χ4v) is 2.03. The fraction of sp³-hybridized carbons (Fsp3) is 0.353. The molecular weight excluding hydrogens is 268 g/mol. The number of esters is 1. The van der Waals surface area contributed by atoms with Gasteiger partial charge in [-0.15, -0.1) is 0 Å². The maximum atomic E-state index is 11.9. The first kappa shape index (κ1) is 15.5. The van der Waals surface area contributed by atoms with Gasteiger partial charge in [-0.1, -0.05) is 31.5 Å². The number of ether oxygens (including phenoxy) is 1. The summed E-state index contributed by atoms with van der Waals surface area (Å²) >= 11 is 0. The molecule has 0 N–H and O–H groups in total. The number of rotatable bonds is 7. The summed E-state index contributed by atoms with van der Waals surface area (Å²) in [4.78, 5) is 21.4. The molecule has 0 heterocycles. The maximum Gasteiger partial charge on any atom is 0.338 e. The summed E-state index contributed by atoms with van der Waals surface area (Å²) in [5, 5.41) is 2.05. The molecule has 0 saturated heterocycles. The monoisotopic (exact) mass is 288 g/mol. The molecule has 0 aliphatic rings. The van der Waals surface area contributed by atoms with Crippen LogP contribution in [0.3, 0.4) is 0 Å². The van der Waals surface area contributed by atoms with Crippen molar-refractivity contribution < 1.29 is 19.3 Å². The van der Waals surface area contributed by atoms with Crippen molar-refractivity contribution in [1.82, 2.24) is 0 Å². The first-order valence-corrected chi connectivity index (χ1v) is 7.10. The van der Waals surface area contributed by atoms with E-state index in [4.69, 9.17) is 9.62 Å². The van der Waals surface area contributed by atoms with Gasteiger partial charge in [-0.05, 0) is 41.0 Å². The Morgan fingerprint density at radius 1 is 1.10 bits per heavy atom. The third-order valence-electron chi connectivity index (χ3n) is 3.21. The molecule has 21 heavy (non-hydrogen) atoms. The molecule has 0 radical (unpaired) electrons. The van der Waals surface area contributed by atoms with Crippen LogP contribution in [0.1, 0.15) is 35.7 Å². The van der Waals surface area contributed by atoms with Crippen molar-refractivity contribution in [3.8, 4) is 0 Å². The molecule has 4 heteroatoms. The van der Waals surface area contributed by atoms with Gasteiger partial charge in [0.2, 0.25) is 0 Å². The normalized spacial score (nSPS) is 10.8. The highest BCUT2D eigenvalue weighted by atomic mass is 17.2. The Hall–Kier alpha value is -1.91. The minimum atomic E-state index is -0.267. The van der Waals surface area contributed by atoms with E-state index in [2.05, 4.69) is 11.8 Å². The predicted molar refractivity (Wildman–Crippen MR) is 80.9 cm³/mol. The summed E-state index contributed by atoms with van der Waals surface area (Å²) in [6.45, 7) is 2.93. The molecule has 2 aromatic rings. The standard InChI is InChI=1S/C17H20O4/c1-3-4-9-20-17(18)16-8-7-14-10-13(12-21-19-2)5-6-15(14)11-16/h5-8,10-11H,3-4,9,12H2,1-2H3. The summed E-state index contributed by atoms with van der Waals surface area (Å²) in [7, 11) is 1.48. The number of carbonyl (C=O) groups excluding carboxylic acids is 1. The summed E-state index contributed by atoms with van der Waals surface area (Å²) < 4.78 is 5.22. The van der Waals surface area contributed by atoms with Gasteiger partial charge >= 0.3 is 5.97 Å². The van der Waals surface area contributed by atoms with E-state index in [-0.39, 0.29) is 5.97 Å². The highest BCUT2D eigenvalue weighted by Crippen LogP contribution is 2.19. The summed E-state index contributed by atoms with van der Waals surface area (Å²) in [6, 6.07) is 11.5. The van der Waals surface area contributed by atoms with Gasteiger partial charge in [0.05, 0.1) is 19.3 Å². The summed E-state index contributed by atoms with van der Waals surface area (Å²) in [5.41, 5.74) is 1.60. The van der Waals surface area contributed by atoms with Gasteiger partial charge in [-0.25, -0.2) is 14.6 Å². The van der Waals surface area contributed by atoms with Crippen molar-refractivity contribution in [1.29, 1.82) is 0 Å². The van der Waals surface area contributed by atoms with E-state index >= 15 is 0 Å². The first-order valence-electron chi connectivity index (χ1n) is 7.10. The lowest BCUT2D eigenvalue weighted by atomic mass is 10.0. The van der Waals surface area contributed by atoms with Crippen molar-refractivity contribution in [2.45, 2.75) is 26.4 Å². The van der Waals surface area contributed by atoms with Crippen LogP contribution in [-0.2, 0) is 21.1 Å². The molecule has 0 amide bonds. The second kappa shape index (κ2) is 7.76. The number of hydrogen-bond donors (Lipinski definition) is 0. The van der Waals surface area contributed by atoms with Crippen LogP contribution in [0.15, 0.2) is 36.4 Å². The molecule has 0 saturated carbocycles. The van der Waals surface area contributed by atoms with E-state index < -0.39 is 0 Å². The zero-order chi connectivity index (χ0) is 15.1. The van der Waals surface area contributed by atoms with Gasteiger partial charge in [0.25, 0.3) is 0 Å². The quantitative estimate of drug-likeness (QED) is 0.336. The van der Waals surface area contributed by atoms with Gasteiger partial charge in [0.15, 0.2) is 0 Å². The molecule has 0 spiro atoms. The molecule has 0 aromatic heterocycles. The van der Waals surface area contributed by atoms with Gasteiger partial charge in [0, 0.05) is 0 Å². The maximum absolute atomic E-state index is 11.9. The molecular formula is C17H20O4. The van der Waals surface area contributed by atoms with Crippen molar-refractivity contribution in [2.24, 2.45) is 0 Å². The summed E-state index contributed by atoms with van der Waals surface area (Å²) in [5.74, 6) is -0.267. The minimum absolute atomic E-state index is 0.267. The molecule has 112 valence electrons. The van der Waals surface area contributed by atoms with Crippen molar-refractivity contribution in [2.75, 3.05) is 13.7 Å². The van der Waals surface area contributed by atoms with Gasteiger partial charge < -0.3 is 4.74 Å². The second-order valence-corrected chi connectivity index (χ2v) is 4.81. The van der Waals surface area contributed by atoms with Crippen molar-refractivity contribution >= 4 is 16.7 Å². The minimum Gasteiger partial charge on any atom is -0.462 e. The highest BCUT2D eigenvalue weighted by molar-refractivity contribution is 5.95. The average molecular weight is 288 g/mol. The van der Waals surface area contributed by atoms with E-state index in [0.717, 1.165) is 29.2 Å². The Bertz CT molecular complexity index is 607. The lowest BCUT2D eigenvalue weighted by Gasteiger charge is -2.07. The van der Waals surface area contributed by atoms with Crippen LogP contribution in [0.25, 0.3) is 10.8 Å². The van der Waals surface area contributed by atoms with Crippen LogP contribution >= 0.6 is 0 Å². The van der Waals surface area contributed by atoms with Gasteiger partial charge in [0.1, 0.15) is 6.61 Å². The lowest BCUT2D eigenvalue weighted by molar-refractivity contribution is -0.282. The molecule has 0 aliphatic heterocycles. The van der Waals surface area contributed by atoms with E-state index in [1.165, 1.54) is 7.11 Å². The Labute approximate surface area is 124 Å². The Morgan fingerprint density at radius 3 is 2.62 bits per heavy atom. The number of carbonyl (C=O) groups is 1. The third kappa shape index (κ3) is 4.28. The van der Waals surface area contributed by atoms with Crippen LogP contribution < -0.4 is 0 Å². The molecule has 0 aliphatic carbocycles. The van der Waals surface area contributed by atoms with E-state index in [9.17, 15) is 4.79 Å². The fourth-order valence-electron chi connectivity index (χ4n) is 2.03. The van der Waals surface area contributed by atoms with Crippen LogP contribution in [0.2, 0.25) is 0 Å². The van der Waals surface area contributed by atoms with Crippen LogP contribution in [-0.4, -0.2) is 19.7 Å². The average Bonchev–Trinajstić information content (AvgIpc) is 2.52. The largest absolute Gasteiger partial charge is 0.462 e. The molecule has 0 fully saturated rings. The number of unbranched alkanes of at least 4 members (excludes halogenated alkanes) is 1. The zero-order valence-electron chi connectivity index (χ0n) is 12.4.